The molecule has 0 fully saturated rings. The van der Waals surface area contributed by atoms with Crippen molar-refractivity contribution in [2.45, 2.75) is 52.6 Å². The molecule has 0 radical (unpaired) electrons. The molecule has 1 aromatic carbocycles. The number of rotatable bonds is 11. The first-order valence-electron chi connectivity index (χ1n) is 11.2. The van der Waals surface area contributed by atoms with Crippen LogP contribution in [0.2, 0.25) is 5.02 Å². The number of benzene rings is 1. The van der Waals surface area contributed by atoms with Crippen LogP contribution in [0.4, 0.5) is 11.5 Å². The molecule has 0 saturated heterocycles. The summed E-state index contributed by atoms with van der Waals surface area (Å²) in [5, 5.41) is 0.622. The van der Waals surface area contributed by atoms with E-state index in [1.807, 2.05) is 13.8 Å². The number of halogens is 1. The molecule has 3 aromatic rings. The molecule has 0 saturated carbocycles. The highest BCUT2D eigenvalue weighted by atomic mass is 35.5. The molecule has 0 aliphatic rings. The maximum Gasteiger partial charge on any atom is 0.330 e. The second-order valence-electron chi connectivity index (χ2n) is 7.92. The minimum absolute atomic E-state index is 0.00223. The van der Waals surface area contributed by atoms with Crippen LogP contribution in [0.5, 0.6) is 5.75 Å². The van der Waals surface area contributed by atoms with E-state index in [-0.39, 0.29) is 30.4 Å². The third-order valence-electron chi connectivity index (χ3n) is 5.34. The molecule has 34 heavy (non-hydrogen) atoms. The summed E-state index contributed by atoms with van der Waals surface area (Å²) in [6, 6.07) is 8.71. The number of furan rings is 1. The highest BCUT2D eigenvalue weighted by Gasteiger charge is 2.25. The van der Waals surface area contributed by atoms with E-state index >= 15 is 0 Å². The molecule has 0 spiro atoms. The Bertz CT molecular complexity index is 1230. The Balaban J connectivity index is 1.80. The number of aromatic amines is 1. The minimum Gasteiger partial charge on any atom is -0.493 e. The summed E-state index contributed by atoms with van der Waals surface area (Å²) in [5.74, 6) is 0.778. The fourth-order valence-electron chi connectivity index (χ4n) is 3.54. The molecule has 3 N–H and O–H groups in total. The van der Waals surface area contributed by atoms with Gasteiger partial charge in [0.25, 0.3) is 5.56 Å². The lowest BCUT2D eigenvalue weighted by atomic mass is 10.2. The van der Waals surface area contributed by atoms with Crippen LogP contribution in [0, 0.1) is 6.92 Å². The zero-order valence-electron chi connectivity index (χ0n) is 19.3. The number of hydrogen-bond donors (Lipinski definition) is 2. The fourth-order valence-corrected chi connectivity index (χ4v) is 3.77. The molecule has 9 nitrogen and oxygen atoms in total. The van der Waals surface area contributed by atoms with E-state index in [0.717, 1.165) is 12.0 Å². The predicted molar refractivity (Wildman–Crippen MR) is 131 cm³/mol. The van der Waals surface area contributed by atoms with Crippen LogP contribution < -0.4 is 26.6 Å². The number of hydrogen-bond acceptors (Lipinski definition) is 6. The van der Waals surface area contributed by atoms with E-state index in [0.29, 0.717) is 42.5 Å². The van der Waals surface area contributed by atoms with Gasteiger partial charge >= 0.3 is 5.69 Å². The fraction of sp³-hybridized carbons (Fsp3) is 0.375. The molecular formula is C24H29ClN4O5. The van der Waals surface area contributed by atoms with Crippen molar-refractivity contribution in [1.29, 1.82) is 0 Å². The SMILES string of the molecule is CCCCn1c(N)c(N(Cc2ccco2)C(=O)CCCOc2ccc(Cl)cc2C)c(=O)[nH]c1=O. The summed E-state index contributed by atoms with van der Waals surface area (Å²) >= 11 is 5.97. The van der Waals surface area contributed by atoms with Gasteiger partial charge in [-0.3, -0.25) is 24.0 Å². The molecule has 1 amide bonds. The predicted octanol–water partition coefficient (Wildman–Crippen LogP) is 3.87. The van der Waals surface area contributed by atoms with Crippen molar-refractivity contribution in [2.75, 3.05) is 17.2 Å². The number of nitrogen functional groups attached to an aromatic ring is 1. The van der Waals surface area contributed by atoms with E-state index in [9.17, 15) is 14.4 Å². The van der Waals surface area contributed by atoms with Crippen molar-refractivity contribution in [3.8, 4) is 5.75 Å². The monoisotopic (exact) mass is 488 g/mol. The van der Waals surface area contributed by atoms with Gasteiger partial charge in [0.05, 0.1) is 19.4 Å². The summed E-state index contributed by atoms with van der Waals surface area (Å²) in [6.45, 7) is 4.50. The van der Waals surface area contributed by atoms with Gasteiger partial charge in [0, 0.05) is 18.0 Å². The summed E-state index contributed by atoms with van der Waals surface area (Å²) in [5.41, 5.74) is 5.75. The molecule has 0 unspecified atom stereocenters. The first-order chi connectivity index (χ1) is 16.3. The normalized spacial score (nSPS) is 10.9. The van der Waals surface area contributed by atoms with Crippen molar-refractivity contribution in [3.05, 3.63) is 73.8 Å². The van der Waals surface area contributed by atoms with Crippen LogP contribution in [0.15, 0.2) is 50.6 Å². The molecular weight excluding hydrogens is 460 g/mol. The average Bonchev–Trinajstić information content (AvgIpc) is 3.30. The number of nitrogens with zero attached hydrogens (tertiary/aromatic N) is 2. The zero-order chi connectivity index (χ0) is 24.7. The number of aryl methyl sites for hydroxylation is 1. The molecule has 182 valence electrons. The highest BCUT2D eigenvalue weighted by molar-refractivity contribution is 6.30. The first kappa shape index (κ1) is 25.2. The Morgan fingerprint density at radius 2 is 2.06 bits per heavy atom. The largest absolute Gasteiger partial charge is 0.493 e. The number of aromatic nitrogens is 2. The minimum atomic E-state index is -0.719. The number of nitrogens with one attached hydrogen (secondary N) is 1. The molecule has 0 aliphatic carbocycles. The van der Waals surface area contributed by atoms with Crippen LogP contribution in [-0.2, 0) is 17.9 Å². The summed E-state index contributed by atoms with van der Waals surface area (Å²) in [7, 11) is 0. The lowest BCUT2D eigenvalue weighted by Crippen LogP contribution is -2.41. The molecule has 0 bridgehead atoms. The number of carbonyl (C=O) groups is 1. The number of unbranched alkanes of at least 4 members (excludes halogenated alkanes) is 1. The Hall–Kier alpha value is -3.46. The maximum absolute atomic E-state index is 13.2. The molecule has 0 aliphatic heterocycles. The zero-order valence-corrected chi connectivity index (χ0v) is 20.1. The van der Waals surface area contributed by atoms with Crippen molar-refractivity contribution in [2.24, 2.45) is 0 Å². The first-order valence-corrected chi connectivity index (χ1v) is 11.5. The molecule has 2 heterocycles. The standard InChI is InChI=1S/C24H29ClN4O5/c1-3-4-11-28-22(26)21(23(31)27-24(28)32)29(15-18-7-5-12-33-18)20(30)8-6-13-34-19-10-9-17(25)14-16(19)2/h5,7,9-10,12,14H,3-4,6,8,11,13,15,26H2,1-2H3,(H,27,31,32). The molecule has 3 rings (SSSR count). The van der Waals surface area contributed by atoms with Crippen molar-refractivity contribution in [1.82, 2.24) is 9.55 Å². The number of nitrogens with two attached hydrogens (primary N) is 1. The summed E-state index contributed by atoms with van der Waals surface area (Å²) < 4.78 is 12.5. The highest BCUT2D eigenvalue weighted by Crippen LogP contribution is 2.23. The van der Waals surface area contributed by atoms with E-state index in [1.165, 1.54) is 15.7 Å². The molecule has 10 heteroatoms. The van der Waals surface area contributed by atoms with Crippen LogP contribution >= 0.6 is 11.6 Å². The van der Waals surface area contributed by atoms with E-state index in [1.54, 1.807) is 30.3 Å². The Labute approximate surface area is 202 Å². The Morgan fingerprint density at radius 3 is 2.74 bits per heavy atom. The third kappa shape index (κ3) is 6.11. The number of ether oxygens (including phenoxy) is 1. The van der Waals surface area contributed by atoms with Gasteiger partial charge in [-0.25, -0.2) is 4.79 Å². The molecule has 0 atom stereocenters. The number of anilines is 2. The van der Waals surface area contributed by atoms with Gasteiger partial charge in [-0.15, -0.1) is 0 Å². The Kier molecular flexibility index (Phi) is 8.59. The third-order valence-corrected chi connectivity index (χ3v) is 5.58. The van der Waals surface area contributed by atoms with Gasteiger partial charge < -0.3 is 14.9 Å². The van der Waals surface area contributed by atoms with Gasteiger partial charge in [-0.05, 0) is 55.7 Å². The van der Waals surface area contributed by atoms with Gasteiger partial charge in [0.1, 0.15) is 17.3 Å². The van der Waals surface area contributed by atoms with E-state index < -0.39 is 11.2 Å². The number of amides is 1. The van der Waals surface area contributed by atoms with Crippen LogP contribution in [0.3, 0.4) is 0 Å². The average molecular weight is 489 g/mol. The van der Waals surface area contributed by atoms with E-state index in [4.69, 9.17) is 26.5 Å². The van der Waals surface area contributed by atoms with Crippen LogP contribution in [-0.4, -0.2) is 22.1 Å². The quantitative estimate of drug-likeness (QED) is 0.395. The Morgan fingerprint density at radius 1 is 1.26 bits per heavy atom. The van der Waals surface area contributed by atoms with Crippen molar-refractivity contribution in [3.63, 3.8) is 0 Å². The summed E-state index contributed by atoms with van der Waals surface area (Å²) in [6.07, 6.45) is 3.52. The van der Waals surface area contributed by atoms with Crippen LogP contribution in [0.25, 0.3) is 0 Å². The van der Waals surface area contributed by atoms with Crippen molar-refractivity contribution >= 4 is 29.0 Å². The number of H-pyrrole nitrogens is 1. The second-order valence-corrected chi connectivity index (χ2v) is 8.36. The lowest BCUT2D eigenvalue weighted by molar-refractivity contribution is -0.119. The molecule has 2 aromatic heterocycles. The lowest BCUT2D eigenvalue weighted by Gasteiger charge is -2.24. The van der Waals surface area contributed by atoms with Gasteiger partial charge in [0.2, 0.25) is 5.91 Å². The van der Waals surface area contributed by atoms with Gasteiger partial charge in [-0.2, -0.15) is 0 Å². The smallest absolute Gasteiger partial charge is 0.330 e. The maximum atomic E-state index is 13.2. The van der Waals surface area contributed by atoms with Crippen LogP contribution in [0.1, 0.15) is 43.9 Å². The summed E-state index contributed by atoms with van der Waals surface area (Å²) in [4.78, 5) is 41.8. The van der Waals surface area contributed by atoms with Gasteiger partial charge in [0.15, 0.2) is 5.69 Å². The van der Waals surface area contributed by atoms with Crippen molar-refractivity contribution < 1.29 is 13.9 Å². The topological polar surface area (TPSA) is 124 Å². The second kappa shape index (κ2) is 11.6. The van der Waals surface area contributed by atoms with Gasteiger partial charge in [-0.1, -0.05) is 24.9 Å². The number of carbonyl (C=O) groups excluding carboxylic acids is 1. The van der Waals surface area contributed by atoms with E-state index in [2.05, 4.69) is 4.98 Å².